The van der Waals surface area contributed by atoms with E-state index in [-0.39, 0.29) is 23.7 Å². The third-order valence-electron chi connectivity index (χ3n) is 4.91. The van der Waals surface area contributed by atoms with Gasteiger partial charge in [-0.2, -0.15) is 0 Å². The Hall–Kier alpha value is -2.17. The SMILES string of the molecule is C=CCC(C)C(=O)N1CCC(n2c(C)nc3ccc(F)cc32)CC1. The molecule has 1 atom stereocenters. The number of aryl methyl sites for hydroxylation is 1. The van der Waals surface area contributed by atoms with E-state index in [1.54, 1.807) is 18.2 Å². The molecule has 0 bridgehead atoms. The van der Waals surface area contributed by atoms with Crippen LogP contribution in [-0.4, -0.2) is 33.4 Å². The van der Waals surface area contributed by atoms with Crippen LogP contribution in [0.5, 0.6) is 0 Å². The van der Waals surface area contributed by atoms with Crippen LogP contribution in [0.3, 0.4) is 0 Å². The molecule has 1 aromatic carbocycles. The van der Waals surface area contributed by atoms with Crippen molar-refractivity contribution in [2.75, 3.05) is 13.1 Å². The summed E-state index contributed by atoms with van der Waals surface area (Å²) in [7, 11) is 0. The van der Waals surface area contributed by atoms with Crippen molar-refractivity contribution in [2.24, 2.45) is 5.92 Å². The Balaban J connectivity index is 1.75. The third kappa shape index (κ3) is 3.07. The Bertz CT molecular complexity index is 759. The summed E-state index contributed by atoms with van der Waals surface area (Å²) < 4.78 is 15.8. The number of aromatic nitrogens is 2. The van der Waals surface area contributed by atoms with E-state index in [1.165, 1.54) is 6.07 Å². The second-order valence-corrected chi connectivity index (χ2v) is 6.64. The summed E-state index contributed by atoms with van der Waals surface area (Å²) in [5.41, 5.74) is 1.67. The van der Waals surface area contributed by atoms with Crippen LogP contribution in [0.1, 0.15) is 38.1 Å². The molecule has 3 rings (SSSR count). The molecule has 4 nitrogen and oxygen atoms in total. The number of likely N-dealkylation sites (tertiary alicyclic amines) is 1. The molecule has 1 aliphatic rings. The van der Waals surface area contributed by atoms with E-state index in [9.17, 15) is 9.18 Å². The van der Waals surface area contributed by atoms with Gasteiger partial charge in [0.1, 0.15) is 11.6 Å². The van der Waals surface area contributed by atoms with E-state index in [2.05, 4.69) is 16.1 Å². The van der Waals surface area contributed by atoms with Gasteiger partial charge in [0.25, 0.3) is 0 Å². The van der Waals surface area contributed by atoms with E-state index in [1.807, 2.05) is 18.7 Å². The lowest BCUT2D eigenvalue weighted by Crippen LogP contribution is -2.41. The van der Waals surface area contributed by atoms with Gasteiger partial charge >= 0.3 is 0 Å². The lowest BCUT2D eigenvalue weighted by atomic mass is 10.0. The summed E-state index contributed by atoms with van der Waals surface area (Å²) in [5.74, 6) is 0.852. The first-order valence-corrected chi connectivity index (χ1v) is 8.55. The summed E-state index contributed by atoms with van der Waals surface area (Å²) in [4.78, 5) is 18.9. The third-order valence-corrected chi connectivity index (χ3v) is 4.91. The zero-order valence-electron chi connectivity index (χ0n) is 14.3. The minimum absolute atomic E-state index is 0.0102. The molecule has 24 heavy (non-hydrogen) atoms. The number of nitrogens with zero attached hydrogens (tertiary/aromatic N) is 3. The van der Waals surface area contributed by atoms with Crippen LogP contribution in [0.15, 0.2) is 30.9 Å². The van der Waals surface area contributed by atoms with Gasteiger partial charge in [-0.1, -0.05) is 13.0 Å². The van der Waals surface area contributed by atoms with Crippen molar-refractivity contribution >= 4 is 16.9 Å². The molecule has 1 aromatic heterocycles. The zero-order chi connectivity index (χ0) is 17.3. The van der Waals surface area contributed by atoms with Crippen LogP contribution < -0.4 is 0 Å². The van der Waals surface area contributed by atoms with E-state index in [0.29, 0.717) is 6.42 Å². The average molecular weight is 329 g/mol. The van der Waals surface area contributed by atoms with Crippen LogP contribution in [-0.2, 0) is 4.79 Å². The number of piperidine rings is 1. The van der Waals surface area contributed by atoms with Crippen LogP contribution in [0.25, 0.3) is 11.0 Å². The van der Waals surface area contributed by atoms with Crippen LogP contribution >= 0.6 is 0 Å². The second kappa shape index (κ2) is 6.75. The summed E-state index contributed by atoms with van der Waals surface area (Å²) in [6.45, 7) is 9.09. The largest absolute Gasteiger partial charge is 0.342 e. The minimum Gasteiger partial charge on any atom is -0.342 e. The molecule has 2 aromatic rings. The number of rotatable bonds is 4. The van der Waals surface area contributed by atoms with E-state index < -0.39 is 0 Å². The van der Waals surface area contributed by atoms with Gasteiger partial charge in [0.2, 0.25) is 5.91 Å². The van der Waals surface area contributed by atoms with E-state index >= 15 is 0 Å². The summed E-state index contributed by atoms with van der Waals surface area (Å²) in [5, 5.41) is 0. The van der Waals surface area contributed by atoms with Gasteiger partial charge in [-0.3, -0.25) is 4.79 Å². The predicted octanol–water partition coefficient (Wildman–Crippen LogP) is 3.86. The lowest BCUT2D eigenvalue weighted by molar-refractivity contribution is -0.136. The second-order valence-electron chi connectivity index (χ2n) is 6.64. The number of hydrogen-bond acceptors (Lipinski definition) is 2. The standard InChI is InChI=1S/C19H24FN3O/c1-4-5-13(2)19(24)22-10-8-16(9-11-22)23-14(3)21-17-7-6-15(20)12-18(17)23/h4,6-7,12-13,16H,1,5,8-11H2,2-3H3. The van der Waals surface area contributed by atoms with Crippen molar-refractivity contribution in [1.82, 2.24) is 14.5 Å². The lowest BCUT2D eigenvalue weighted by Gasteiger charge is -2.34. The molecule has 0 spiro atoms. The van der Waals surface area contributed by atoms with Crippen molar-refractivity contribution in [1.29, 1.82) is 0 Å². The van der Waals surface area contributed by atoms with Crippen LogP contribution in [0.2, 0.25) is 0 Å². The quantitative estimate of drug-likeness (QED) is 0.799. The van der Waals surface area contributed by atoms with Crippen molar-refractivity contribution in [3.63, 3.8) is 0 Å². The van der Waals surface area contributed by atoms with Crippen molar-refractivity contribution in [3.05, 3.63) is 42.5 Å². The molecule has 128 valence electrons. The maximum atomic E-state index is 13.6. The number of allylic oxidation sites excluding steroid dienone is 1. The smallest absolute Gasteiger partial charge is 0.225 e. The van der Waals surface area contributed by atoms with Crippen molar-refractivity contribution < 1.29 is 9.18 Å². The zero-order valence-corrected chi connectivity index (χ0v) is 14.3. The van der Waals surface area contributed by atoms with Crippen LogP contribution in [0, 0.1) is 18.7 Å². The Morgan fingerprint density at radius 3 is 2.83 bits per heavy atom. The molecule has 0 aliphatic carbocycles. The van der Waals surface area contributed by atoms with Gasteiger partial charge in [-0.15, -0.1) is 6.58 Å². The first-order valence-electron chi connectivity index (χ1n) is 8.55. The molecule has 1 saturated heterocycles. The summed E-state index contributed by atoms with van der Waals surface area (Å²) in [6.07, 6.45) is 4.25. The van der Waals surface area contributed by atoms with Crippen LogP contribution in [0.4, 0.5) is 4.39 Å². The molecule has 5 heteroatoms. The number of carbonyl (C=O) groups is 1. The van der Waals surface area contributed by atoms with E-state index in [4.69, 9.17) is 0 Å². The van der Waals surface area contributed by atoms with Gasteiger partial charge in [-0.05, 0) is 44.4 Å². The first kappa shape index (κ1) is 16.7. The number of fused-ring (bicyclic) bond motifs is 1. The molecular weight excluding hydrogens is 305 g/mol. The highest BCUT2D eigenvalue weighted by molar-refractivity contribution is 5.79. The molecular formula is C19H24FN3O. The Morgan fingerprint density at radius 2 is 2.17 bits per heavy atom. The molecule has 0 radical (unpaired) electrons. The predicted molar refractivity (Wildman–Crippen MR) is 93.3 cm³/mol. The summed E-state index contributed by atoms with van der Waals surface area (Å²) in [6, 6.07) is 4.99. The fraction of sp³-hybridized carbons (Fsp3) is 0.474. The molecule has 2 heterocycles. The monoisotopic (exact) mass is 329 g/mol. The Morgan fingerprint density at radius 1 is 1.46 bits per heavy atom. The minimum atomic E-state index is -0.241. The number of halogens is 1. The Kier molecular flexibility index (Phi) is 4.69. The van der Waals surface area contributed by atoms with Crippen molar-refractivity contribution in [2.45, 2.75) is 39.2 Å². The van der Waals surface area contributed by atoms with Gasteiger partial charge in [0.05, 0.1) is 11.0 Å². The number of carbonyl (C=O) groups excluding carboxylic acids is 1. The van der Waals surface area contributed by atoms with Gasteiger partial charge < -0.3 is 9.47 Å². The first-order chi connectivity index (χ1) is 11.5. The molecule has 1 fully saturated rings. The molecule has 0 N–H and O–H groups in total. The fourth-order valence-electron chi connectivity index (χ4n) is 3.65. The van der Waals surface area contributed by atoms with Gasteiger partial charge in [-0.25, -0.2) is 9.37 Å². The van der Waals surface area contributed by atoms with E-state index in [0.717, 1.165) is 42.8 Å². The maximum absolute atomic E-state index is 13.6. The highest BCUT2D eigenvalue weighted by Gasteiger charge is 2.27. The maximum Gasteiger partial charge on any atom is 0.225 e. The van der Waals surface area contributed by atoms with Crippen molar-refractivity contribution in [3.8, 4) is 0 Å². The highest BCUT2D eigenvalue weighted by Crippen LogP contribution is 2.29. The van der Waals surface area contributed by atoms with Gasteiger partial charge in [0, 0.05) is 25.0 Å². The Labute approximate surface area is 142 Å². The molecule has 1 unspecified atom stereocenters. The number of benzene rings is 1. The number of imidazole rings is 1. The normalized spacial score (nSPS) is 17.2. The molecule has 1 aliphatic heterocycles. The molecule has 0 saturated carbocycles. The fourth-order valence-corrected chi connectivity index (χ4v) is 3.65. The highest BCUT2D eigenvalue weighted by atomic mass is 19.1. The van der Waals surface area contributed by atoms with Gasteiger partial charge in [0.15, 0.2) is 0 Å². The summed E-state index contributed by atoms with van der Waals surface area (Å²) >= 11 is 0. The number of hydrogen-bond donors (Lipinski definition) is 0. The number of amides is 1. The molecule has 1 amide bonds. The topological polar surface area (TPSA) is 38.1 Å². The average Bonchev–Trinajstić information content (AvgIpc) is 2.89.